The zero-order valence-corrected chi connectivity index (χ0v) is 13.9. The number of hydrogen-bond donors (Lipinski definition) is 2. The zero-order chi connectivity index (χ0) is 15.9. The summed E-state index contributed by atoms with van der Waals surface area (Å²) in [5, 5.41) is 6.44. The molecule has 4 nitrogen and oxygen atoms in total. The lowest BCUT2D eigenvalue weighted by molar-refractivity contribution is -0.123. The summed E-state index contributed by atoms with van der Waals surface area (Å²) >= 11 is 0. The Labute approximate surface area is 133 Å². The van der Waals surface area contributed by atoms with Gasteiger partial charge in [-0.25, -0.2) is 0 Å². The number of nitrogens with one attached hydrogen (secondary N) is 2. The highest BCUT2D eigenvalue weighted by Gasteiger charge is 2.23. The molecule has 1 fully saturated rings. The van der Waals surface area contributed by atoms with E-state index in [0.717, 1.165) is 31.1 Å². The fourth-order valence-electron chi connectivity index (χ4n) is 2.20. The van der Waals surface area contributed by atoms with E-state index in [9.17, 15) is 4.79 Å². The Bertz CT molecular complexity index is 466. The summed E-state index contributed by atoms with van der Waals surface area (Å²) in [6, 6.07) is 8.69. The quantitative estimate of drug-likeness (QED) is 0.737. The van der Waals surface area contributed by atoms with Crippen LogP contribution in [0.5, 0.6) is 5.75 Å². The van der Waals surface area contributed by atoms with E-state index < -0.39 is 0 Å². The fourth-order valence-corrected chi connectivity index (χ4v) is 2.20. The molecule has 0 aromatic heterocycles. The van der Waals surface area contributed by atoms with Gasteiger partial charge in [0, 0.05) is 12.1 Å². The van der Waals surface area contributed by atoms with Crippen LogP contribution in [0.25, 0.3) is 0 Å². The number of rotatable bonds is 9. The monoisotopic (exact) mass is 304 g/mol. The van der Waals surface area contributed by atoms with E-state index in [2.05, 4.69) is 43.5 Å². The molecule has 1 aromatic carbocycles. The average molecular weight is 304 g/mol. The molecule has 0 radical (unpaired) electrons. The molecular weight excluding hydrogens is 276 g/mol. The van der Waals surface area contributed by atoms with Crippen LogP contribution in [0.4, 0.5) is 0 Å². The van der Waals surface area contributed by atoms with Crippen LogP contribution in [0.3, 0.4) is 0 Å². The predicted molar refractivity (Wildman–Crippen MR) is 89.0 cm³/mol. The van der Waals surface area contributed by atoms with Crippen molar-refractivity contribution in [2.24, 2.45) is 5.92 Å². The number of ether oxygens (including phenoxy) is 1. The minimum Gasteiger partial charge on any atom is -0.484 e. The molecule has 1 amide bonds. The highest BCUT2D eigenvalue weighted by molar-refractivity contribution is 5.78. The topological polar surface area (TPSA) is 50.4 Å². The van der Waals surface area contributed by atoms with Gasteiger partial charge in [0.2, 0.25) is 0 Å². The van der Waals surface area contributed by atoms with E-state index in [0.29, 0.717) is 12.1 Å². The van der Waals surface area contributed by atoms with Gasteiger partial charge >= 0.3 is 0 Å². The molecule has 0 bridgehead atoms. The standard InChI is InChI=1S/C18H28N2O2/c1-13(2)10-11-19-14(3)15-4-8-17(9-5-15)22-12-18(21)20-16-6-7-16/h4-5,8-9,13-14,16,19H,6-7,10-12H2,1-3H3,(H,20,21). The maximum Gasteiger partial charge on any atom is 0.258 e. The summed E-state index contributed by atoms with van der Waals surface area (Å²) in [6.45, 7) is 7.76. The van der Waals surface area contributed by atoms with Crippen LogP contribution in [-0.4, -0.2) is 25.1 Å². The van der Waals surface area contributed by atoms with Crippen molar-refractivity contribution < 1.29 is 9.53 Å². The maximum absolute atomic E-state index is 11.6. The number of carbonyl (C=O) groups is 1. The van der Waals surface area contributed by atoms with Crippen molar-refractivity contribution >= 4 is 5.91 Å². The minimum absolute atomic E-state index is 0.0321. The molecule has 4 heteroatoms. The molecule has 0 aliphatic heterocycles. The van der Waals surface area contributed by atoms with Gasteiger partial charge in [0.25, 0.3) is 5.91 Å². The largest absolute Gasteiger partial charge is 0.484 e. The lowest BCUT2D eigenvalue weighted by atomic mass is 10.1. The van der Waals surface area contributed by atoms with Crippen LogP contribution in [0.1, 0.15) is 51.6 Å². The summed E-state index contributed by atoms with van der Waals surface area (Å²) in [5.74, 6) is 1.43. The molecule has 1 atom stereocenters. The normalized spacial score (nSPS) is 15.6. The van der Waals surface area contributed by atoms with E-state index in [1.807, 2.05) is 12.1 Å². The van der Waals surface area contributed by atoms with E-state index in [-0.39, 0.29) is 12.5 Å². The van der Waals surface area contributed by atoms with E-state index >= 15 is 0 Å². The van der Waals surface area contributed by atoms with Crippen LogP contribution in [0.2, 0.25) is 0 Å². The van der Waals surface area contributed by atoms with Crippen LogP contribution >= 0.6 is 0 Å². The summed E-state index contributed by atoms with van der Waals surface area (Å²) < 4.78 is 5.51. The van der Waals surface area contributed by atoms with Crippen molar-refractivity contribution in [3.63, 3.8) is 0 Å². The molecule has 1 aliphatic rings. The van der Waals surface area contributed by atoms with Gasteiger partial charge in [-0.2, -0.15) is 0 Å². The molecule has 22 heavy (non-hydrogen) atoms. The zero-order valence-electron chi connectivity index (χ0n) is 13.9. The van der Waals surface area contributed by atoms with Gasteiger partial charge in [-0.3, -0.25) is 4.79 Å². The van der Waals surface area contributed by atoms with Gasteiger partial charge in [-0.1, -0.05) is 26.0 Å². The molecule has 1 aromatic rings. The Morgan fingerprint density at radius 2 is 1.91 bits per heavy atom. The third-order valence-corrected chi connectivity index (χ3v) is 3.86. The van der Waals surface area contributed by atoms with Gasteiger partial charge in [0.15, 0.2) is 6.61 Å². The van der Waals surface area contributed by atoms with Gasteiger partial charge in [-0.05, 0) is 56.3 Å². The second-order valence-corrected chi connectivity index (χ2v) is 6.56. The molecule has 122 valence electrons. The first-order valence-corrected chi connectivity index (χ1v) is 8.30. The van der Waals surface area contributed by atoms with Crippen molar-refractivity contribution in [3.05, 3.63) is 29.8 Å². The number of benzene rings is 1. The second-order valence-electron chi connectivity index (χ2n) is 6.56. The molecular formula is C18H28N2O2. The van der Waals surface area contributed by atoms with Crippen LogP contribution in [0.15, 0.2) is 24.3 Å². The van der Waals surface area contributed by atoms with E-state index in [1.54, 1.807) is 0 Å². The van der Waals surface area contributed by atoms with Gasteiger partial charge in [0.05, 0.1) is 0 Å². The SMILES string of the molecule is CC(C)CCNC(C)c1ccc(OCC(=O)NC2CC2)cc1. The first-order chi connectivity index (χ1) is 10.5. The van der Waals surface area contributed by atoms with Crippen LogP contribution < -0.4 is 15.4 Å². The summed E-state index contributed by atoms with van der Waals surface area (Å²) in [7, 11) is 0. The first-order valence-electron chi connectivity index (χ1n) is 8.30. The maximum atomic E-state index is 11.6. The van der Waals surface area contributed by atoms with Crippen LogP contribution in [-0.2, 0) is 4.79 Å². The fraction of sp³-hybridized carbons (Fsp3) is 0.611. The minimum atomic E-state index is -0.0321. The summed E-state index contributed by atoms with van der Waals surface area (Å²) in [6.07, 6.45) is 3.38. The Kier molecular flexibility index (Phi) is 6.25. The molecule has 2 rings (SSSR count). The van der Waals surface area contributed by atoms with Crippen molar-refractivity contribution in [2.45, 2.75) is 52.1 Å². The average Bonchev–Trinajstić information content (AvgIpc) is 3.29. The number of hydrogen-bond acceptors (Lipinski definition) is 3. The Balaban J connectivity index is 1.72. The smallest absolute Gasteiger partial charge is 0.258 e. The molecule has 0 saturated heterocycles. The number of amides is 1. The molecule has 1 aliphatic carbocycles. The summed E-state index contributed by atoms with van der Waals surface area (Å²) in [4.78, 5) is 11.6. The van der Waals surface area contributed by atoms with Gasteiger partial charge < -0.3 is 15.4 Å². The number of carbonyl (C=O) groups excluding carboxylic acids is 1. The molecule has 1 saturated carbocycles. The first kappa shape index (κ1) is 16.8. The molecule has 2 N–H and O–H groups in total. The van der Waals surface area contributed by atoms with Crippen molar-refractivity contribution in [1.82, 2.24) is 10.6 Å². The highest BCUT2D eigenvalue weighted by atomic mass is 16.5. The van der Waals surface area contributed by atoms with Crippen LogP contribution in [0, 0.1) is 5.92 Å². The molecule has 0 heterocycles. The van der Waals surface area contributed by atoms with E-state index in [1.165, 1.54) is 12.0 Å². The second kappa shape index (κ2) is 8.18. The predicted octanol–water partition coefficient (Wildman–Crippen LogP) is 3.04. The van der Waals surface area contributed by atoms with Crippen molar-refractivity contribution in [3.8, 4) is 5.75 Å². The highest BCUT2D eigenvalue weighted by Crippen LogP contribution is 2.19. The Morgan fingerprint density at radius 1 is 1.23 bits per heavy atom. The Morgan fingerprint density at radius 3 is 2.50 bits per heavy atom. The molecule has 0 spiro atoms. The Hall–Kier alpha value is -1.55. The lowest BCUT2D eigenvalue weighted by Crippen LogP contribution is -2.30. The third-order valence-electron chi connectivity index (χ3n) is 3.86. The van der Waals surface area contributed by atoms with Gasteiger partial charge in [-0.15, -0.1) is 0 Å². The lowest BCUT2D eigenvalue weighted by Gasteiger charge is -2.15. The van der Waals surface area contributed by atoms with Crippen molar-refractivity contribution in [2.75, 3.05) is 13.2 Å². The van der Waals surface area contributed by atoms with Gasteiger partial charge in [0.1, 0.15) is 5.75 Å². The van der Waals surface area contributed by atoms with E-state index in [4.69, 9.17) is 4.74 Å². The molecule has 1 unspecified atom stereocenters. The van der Waals surface area contributed by atoms with Crippen molar-refractivity contribution in [1.29, 1.82) is 0 Å². The third kappa shape index (κ3) is 6.06. The summed E-state index contributed by atoms with van der Waals surface area (Å²) in [5.41, 5.74) is 1.23.